The van der Waals surface area contributed by atoms with Crippen molar-refractivity contribution in [2.75, 3.05) is 20.8 Å². The summed E-state index contributed by atoms with van der Waals surface area (Å²) in [6.45, 7) is 0.725. The van der Waals surface area contributed by atoms with E-state index in [0.717, 1.165) is 37.1 Å². The molecule has 1 aliphatic heterocycles. The minimum absolute atomic E-state index is 0.0622. The van der Waals surface area contributed by atoms with Crippen LogP contribution in [0.3, 0.4) is 0 Å². The number of hydrogen-bond acceptors (Lipinski definition) is 5. The Labute approximate surface area is 179 Å². The van der Waals surface area contributed by atoms with Gasteiger partial charge in [-0.15, -0.1) is 22.7 Å². The molecule has 3 aromatic rings. The summed E-state index contributed by atoms with van der Waals surface area (Å²) in [5, 5.41) is 4.16. The van der Waals surface area contributed by atoms with Crippen molar-refractivity contribution in [1.82, 2.24) is 4.90 Å². The Morgan fingerprint density at radius 3 is 2.55 bits per heavy atom. The highest BCUT2D eigenvalue weighted by Gasteiger charge is 2.33. The summed E-state index contributed by atoms with van der Waals surface area (Å²) in [7, 11) is 3.31. The van der Waals surface area contributed by atoms with Gasteiger partial charge in [-0.3, -0.25) is 4.79 Å². The molecular formula is C23H25NO3S2. The van der Waals surface area contributed by atoms with Gasteiger partial charge >= 0.3 is 0 Å². The Morgan fingerprint density at radius 1 is 1.10 bits per heavy atom. The quantitative estimate of drug-likeness (QED) is 0.512. The van der Waals surface area contributed by atoms with E-state index in [9.17, 15) is 4.79 Å². The van der Waals surface area contributed by atoms with Crippen molar-refractivity contribution in [3.05, 3.63) is 68.0 Å². The number of carbonyl (C=O) groups is 1. The molecule has 3 heterocycles. The second-order valence-corrected chi connectivity index (χ2v) is 9.11. The van der Waals surface area contributed by atoms with Gasteiger partial charge in [-0.05, 0) is 65.4 Å². The van der Waals surface area contributed by atoms with Crippen molar-refractivity contribution in [3.8, 4) is 11.5 Å². The van der Waals surface area contributed by atoms with E-state index in [-0.39, 0.29) is 11.9 Å². The summed E-state index contributed by atoms with van der Waals surface area (Å²) in [6.07, 6.45) is 3.24. The molecule has 0 aliphatic carbocycles. The summed E-state index contributed by atoms with van der Waals surface area (Å²) in [5.41, 5.74) is 2.37. The molecule has 0 spiro atoms. The third-order valence-electron chi connectivity index (χ3n) is 5.40. The highest BCUT2D eigenvalue weighted by Crippen LogP contribution is 2.42. The predicted molar refractivity (Wildman–Crippen MR) is 118 cm³/mol. The maximum atomic E-state index is 13.2. The summed E-state index contributed by atoms with van der Waals surface area (Å²) in [4.78, 5) is 17.8. The van der Waals surface area contributed by atoms with Crippen molar-refractivity contribution in [2.45, 2.75) is 31.7 Å². The van der Waals surface area contributed by atoms with E-state index in [1.54, 1.807) is 36.9 Å². The molecule has 6 heteroatoms. The molecule has 0 radical (unpaired) electrons. The number of methoxy groups -OCH3 is 2. The third-order valence-corrected chi connectivity index (χ3v) is 7.26. The minimum atomic E-state index is -0.0622. The molecule has 29 heavy (non-hydrogen) atoms. The summed E-state index contributed by atoms with van der Waals surface area (Å²) >= 11 is 3.45. The van der Waals surface area contributed by atoms with E-state index < -0.39 is 0 Å². The molecule has 0 fully saturated rings. The van der Waals surface area contributed by atoms with Crippen LogP contribution in [-0.2, 0) is 17.6 Å². The van der Waals surface area contributed by atoms with Crippen molar-refractivity contribution < 1.29 is 14.3 Å². The number of nitrogens with zero attached hydrogens (tertiary/aromatic N) is 1. The zero-order valence-corrected chi connectivity index (χ0v) is 18.4. The van der Waals surface area contributed by atoms with E-state index in [4.69, 9.17) is 9.47 Å². The fourth-order valence-electron chi connectivity index (χ4n) is 3.98. The Balaban J connectivity index is 1.60. The Kier molecular flexibility index (Phi) is 6.21. The maximum Gasteiger partial charge on any atom is 0.223 e. The van der Waals surface area contributed by atoms with Crippen molar-refractivity contribution >= 4 is 28.6 Å². The molecule has 4 rings (SSSR count). The minimum Gasteiger partial charge on any atom is -0.493 e. The van der Waals surface area contributed by atoms with E-state index in [2.05, 4.69) is 46.0 Å². The first-order valence-electron chi connectivity index (χ1n) is 9.81. The number of carbonyl (C=O) groups excluding carboxylic acids is 1. The second-order valence-electron chi connectivity index (χ2n) is 7.09. The molecule has 0 N–H and O–H groups in total. The fourth-order valence-corrected chi connectivity index (χ4v) is 5.59. The van der Waals surface area contributed by atoms with Gasteiger partial charge in [-0.1, -0.05) is 12.1 Å². The van der Waals surface area contributed by atoms with Crippen LogP contribution in [0, 0.1) is 0 Å². The number of hydrogen-bond donors (Lipinski definition) is 0. The number of rotatable bonds is 7. The maximum absolute atomic E-state index is 13.2. The molecule has 0 bridgehead atoms. The van der Waals surface area contributed by atoms with Gasteiger partial charge in [0.05, 0.1) is 20.3 Å². The number of fused-ring (bicyclic) bond motifs is 1. The molecule has 1 amide bonds. The third kappa shape index (κ3) is 4.19. The number of aryl methyl sites for hydroxylation is 1. The van der Waals surface area contributed by atoms with Gasteiger partial charge in [0.25, 0.3) is 0 Å². The largest absolute Gasteiger partial charge is 0.493 e. The van der Waals surface area contributed by atoms with Crippen molar-refractivity contribution in [1.29, 1.82) is 0 Å². The van der Waals surface area contributed by atoms with Gasteiger partial charge < -0.3 is 14.4 Å². The van der Waals surface area contributed by atoms with Crippen LogP contribution < -0.4 is 9.47 Å². The van der Waals surface area contributed by atoms with Gasteiger partial charge in [0.2, 0.25) is 5.91 Å². The lowest BCUT2D eigenvalue weighted by molar-refractivity contribution is -0.133. The first-order chi connectivity index (χ1) is 14.2. The summed E-state index contributed by atoms with van der Waals surface area (Å²) < 4.78 is 11.0. The molecule has 0 saturated heterocycles. The van der Waals surface area contributed by atoms with Gasteiger partial charge in [-0.2, -0.15) is 0 Å². The fraction of sp³-hybridized carbons (Fsp3) is 0.348. The number of benzene rings is 1. The van der Waals surface area contributed by atoms with Gasteiger partial charge in [0.15, 0.2) is 11.5 Å². The normalized spacial score (nSPS) is 15.8. The lowest BCUT2D eigenvalue weighted by atomic mass is 9.90. The molecule has 152 valence electrons. The topological polar surface area (TPSA) is 38.8 Å². The average Bonchev–Trinajstić information content (AvgIpc) is 3.46. The Bertz CT molecular complexity index is 951. The second kappa shape index (κ2) is 9.01. The monoisotopic (exact) mass is 427 g/mol. The Hall–Kier alpha value is -2.31. The zero-order valence-electron chi connectivity index (χ0n) is 16.7. The van der Waals surface area contributed by atoms with Crippen LogP contribution in [0.1, 0.15) is 39.8 Å². The number of amides is 1. The van der Waals surface area contributed by atoms with Crippen LogP contribution in [0.5, 0.6) is 11.5 Å². The number of thiophene rings is 2. The van der Waals surface area contributed by atoms with E-state index in [1.165, 1.54) is 15.3 Å². The lowest BCUT2D eigenvalue weighted by Crippen LogP contribution is -2.40. The molecule has 1 aromatic carbocycles. The predicted octanol–water partition coefficient (Wildman–Crippen LogP) is 5.32. The van der Waals surface area contributed by atoms with Crippen LogP contribution in [0.2, 0.25) is 0 Å². The van der Waals surface area contributed by atoms with Crippen LogP contribution in [-0.4, -0.2) is 31.6 Å². The Morgan fingerprint density at radius 2 is 1.86 bits per heavy atom. The first-order valence-corrected chi connectivity index (χ1v) is 11.6. The highest BCUT2D eigenvalue weighted by atomic mass is 32.1. The first kappa shape index (κ1) is 20.0. The molecule has 2 aromatic heterocycles. The zero-order chi connectivity index (χ0) is 20.2. The van der Waals surface area contributed by atoms with Crippen LogP contribution in [0.15, 0.2) is 47.2 Å². The van der Waals surface area contributed by atoms with Crippen molar-refractivity contribution in [2.24, 2.45) is 0 Å². The lowest BCUT2D eigenvalue weighted by Gasteiger charge is -2.37. The SMILES string of the molecule is COc1cc2c(cc1OC)C(c1cccs1)N(C(=O)CCCc1cccs1)CC2. The molecule has 4 nitrogen and oxygen atoms in total. The van der Waals surface area contributed by atoms with Gasteiger partial charge in [0.1, 0.15) is 0 Å². The van der Waals surface area contributed by atoms with E-state index in [0.29, 0.717) is 12.2 Å². The van der Waals surface area contributed by atoms with Crippen LogP contribution in [0.25, 0.3) is 0 Å². The van der Waals surface area contributed by atoms with E-state index in [1.807, 2.05) is 6.07 Å². The molecular weight excluding hydrogens is 402 g/mol. The highest BCUT2D eigenvalue weighted by molar-refractivity contribution is 7.10. The smallest absolute Gasteiger partial charge is 0.223 e. The average molecular weight is 428 g/mol. The summed E-state index contributed by atoms with van der Waals surface area (Å²) in [6, 6.07) is 12.4. The summed E-state index contributed by atoms with van der Waals surface area (Å²) in [5.74, 6) is 1.67. The molecule has 1 atom stereocenters. The standard InChI is InChI=1S/C23H25NO3S2/c1-26-19-14-16-10-11-24(22(25)9-3-6-17-7-4-12-28-17)23(21-8-5-13-29-21)18(16)15-20(19)27-2/h4-5,7-8,12-15,23H,3,6,9-11H2,1-2H3. The number of ether oxygens (including phenoxy) is 2. The van der Waals surface area contributed by atoms with E-state index >= 15 is 0 Å². The molecule has 0 saturated carbocycles. The van der Waals surface area contributed by atoms with Crippen LogP contribution >= 0.6 is 22.7 Å². The van der Waals surface area contributed by atoms with Crippen molar-refractivity contribution in [3.63, 3.8) is 0 Å². The van der Waals surface area contributed by atoms with Gasteiger partial charge in [0, 0.05) is 22.7 Å². The van der Waals surface area contributed by atoms with Crippen LogP contribution in [0.4, 0.5) is 0 Å². The molecule has 1 aliphatic rings. The molecule has 1 unspecified atom stereocenters. The van der Waals surface area contributed by atoms with Gasteiger partial charge in [-0.25, -0.2) is 0 Å².